The SMILES string of the molecule is CCOc1ccccc1-c1csc(NC(=O)COc2ccccc2C(C)C)n1. The van der Waals surface area contributed by atoms with Crippen molar-refractivity contribution in [3.8, 4) is 22.8 Å². The van der Waals surface area contributed by atoms with E-state index in [4.69, 9.17) is 9.47 Å². The van der Waals surface area contributed by atoms with Gasteiger partial charge in [-0.3, -0.25) is 10.1 Å². The highest BCUT2D eigenvalue weighted by molar-refractivity contribution is 7.14. The van der Waals surface area contributed by atoms with Crippen LogP contribution in [0.15, 0.2) is 53.9 Å². The lowest BCUT2D eigenvalue weighted by Gasteiger charge is -2.13. The number of amides is 1. The number of ether oxygens (including phenoxy) is 2. The van der Waals surface area contributed by atoms with Crippen LogP contribution in [0.5, 0.6) is 11.5 Å². The number of carbonyl (C=O) groups is 1. The van der Waals surface area contributed by atoms with Crippen LogP contribution in [-0.2, 0) is 4.79 Å². The van der Waals surface area contributed by atoms with Crippen molar-refractivity contribution < 1.29 is 14.3 Å². The summed E-state index contributed by atoms with van der Waals surface area (Å²) in [4.78, 5) is 16.8. The van der Waals surface area contributed by atoms with Gasteiger partial charge in [0.05, 0.1) is 12.3 Å². The quantitative estimate of drug-likeness (QED) is 0.558. The number of rotatable bonds is 8. The lowest BCUT2D eigenvalue weighted by Crippen LogP contribution is -2.20. The van der Waals surface area contributed by atoms with E-state index in [1.165, 1.54) is 11.3 Å². The third kappa shape index (κ3) is 4.89. The van der Waals surface area contributed by atoms with Crippen LogP contribution in [0.25, 0.3) is 11.3 Å². The number of nitrogens with zero attached hydrogens (tertiary/aromatic N) is 1. The Bertz CT molecular complexity index is 937. The average Bonchev–Trinajstić information content (AvgIpc) is 3.15. The third-order valence-electron chi connectivity index (χ3n) is 4.11. The summed E-state index contributed by atoms with van der Waals surface area (Å²) >= 11 is 1.38. The summed E-state index contributed by atoms with van der Waals surface area (Å²) in [5.74, 6) is 1.60. The van der Waals surface area contributed by atoms with Gasteiger partial charge in [0, 0.05) is 10.9 Å². The molecule has 0 atom stereocenters. The van der Waals surface area contributed by atoms with E-state index in [0.717, 1.165) is 28.3 Å². The van der Waals surface area contributed by atoms with Crippen molar-refractivity contribution in [1.82, 2.24) is 4.98 Å². The normalized spacial score (nSPS) is 10.7. The zero-order valence-corrected chi connectivity index (χ0v) is 17.1. The Balaban J connectivity index is 1.64. The van der Waals surface area contributed by atoms with Crippen molar-refractivity contribution >= 4 is 22.4 Å². The Hall–Kier alpha value is -2.86. The highest BCUT2D eigenvalue weighted by atomic mass is 32.1. The molecular formula is C22H24N2O3S. The number of para-hydroxylation sites is 2. The number of nitrogens with one attached hydrogen (secondary N) is 1. The van der Waals surface area contributed by atoms with Gasteiger partial charge < -0.3 is 9.47 Å². The molecule has 3 aromatic rings. The second-order valence-electron chi connectivity index (χ2n) is 6.50. The van der Waals surface area contributed by atoms with Gasteiger partial charge in [0.1, 0.15) is 11.5 Å². The molecule has 3 rings (SSSR count). The van der Waals surface area contributed by atoms with E-state index < -0.39 is 0 Å². The lowest BCUT2D eigenvalue weighted by molar-refractivity contribution is -0.118. The molecule has 0 aliphatic rings. The second-order valence-corrected chi connectivity index (χ2v) is 7.35. The van der Waals surface area contributed by atoms with E-state index in [1.807, 2.05) is 60.8 Å². The van der Waals surface area contributed by atoms with Gasteiger partial charge in [-0.1, -0.05) is 44.2 Å². The largest absolute Gasteiger partial charge is 0.493 e. The topological polar surface area (TPSA) is 60.5 Å². The molecule has 6 heteroatoms. The number of carbonyl (C=O) groups excluding carboxylic acids is 1. The van der Waals surface area contributed by atoms with E-state index >= 15 is 0 Å². The summed E-state index contributed by atoms with van der Waals surface area (Å²) < 4.78 is 11.4. The van der Waals surface area contributed by atoms with Gasteiger partial charge in [-0.25, -0.2) is 4.98 Å². The second kappa shape index (κ2) is 9.37. The van der Waals surface area contributed by atoms with Gasteiger partial charge in [-0.05, 0) is 36.6 Å². The first-order valence-corrected chi connectivity index (χ1v) is 10.2. The predicted octanol–water partition coefficient (Wildman–Crippen LogP) is 5.35. The molecule has 0 spiro atoms. The predicted molar refractivity (Wildman–Crippen MR) is 113 cm³/mol. The fourth-order valence-electron chi connectivity index (χ4n) is 2.80. The summed E-state index contributed by atoms with van der Waals surface area (Å²) in [6.45, 7) is 6.66. The van der Waals surface area contributed by atoms with Gasteiger partial charge >= 0.3 is 0 Å². The Labute approximate surface area is 169 Å². The van der Waals surface area contributed by atoms with Gasteiger partial charge in [-0.15, -0.1) is 11.3 Å². The van der Waals surface area contributed by atoms with E-state index in [0.29, 0.717) is 17.7 Å². The maximum Gasteiger partial charge on any atom is 0.264 e. The zero-order chi connectivity index (χ0) is 19.9. The molecule has 1 N–H and O–H groups in total. The van der Waals surface area contributed by atoms with E-state index in [-0.39, 0.29) is 12.5 Å². The molecule has 1 heterocycles. The number of anilines is 1. The van der Waals surface area contributed by atoms with Crippen molar-refractivity contribution in [3.63, 3.8) is 0 Å². The molecule has 0 radical (unpaired) electrons. The number of hydrogen-bond donors (Lipinski definition) is 1. The Morgan fingerprint density at radius 1 is 1.07 bits per heavy atom. The van der Waals surface area contributed by atoms with Crippen molar-refractivity contribution in [3.05, 3.63) is 59.5 Å². The average molecular weight is 397 g/mol. The third-order valence-corrected chi connectivity index (χ3v) is 4.87. The van der Waals surface area contributed by atoms with Crippen LogP contribution in [0, 0.1) is 0 Å². The number of aromatic nitrogens is 1. The molecule has 28 heavy (non-hydrogen) atoms. The van der Waals surface area contributed by atoms with Crippen LogP contribution in [0.4, 0.5) is 5.13 Å². The minimum Gasteiger partial charge on any atom is -0.493 e. The first-order valence-electron chi connectivity index (χ1n) is 9.27. The van der Waals surface area contributed by atoms with Crippen LogP contribution in [0.1, 0.15) is 32.3 Å². The highest BCUT2D eigenvalue weighted by Crippen LogP contribution is 2.32. The van der Waals surface area contributed by atoms with Crippen molar-refractivity contribution in [2.75, 3.05) is 18.5 Å². The molecule has 1 amide bonds. The Kier molecular flexibility index (Phi) is 6.66. The molecule has 0 unspecified atom stereocenters. The maximum atomic E-state index is 12.3. The van der Waals surface area contributed by atoms with E-state index in [1.54, 1.807) is 0 Å². The monoisotopic (exact) mass is 396 g/mol. The Morgan fingerprint density at radius 3 is 2.54 bits per heavy atom. The summed E-state index contributed by atoms with van der Waals surface area (Å²) in [7, 11) is 0. The number of benzene rings is 2. The lowest BCUT2D eigenvalue weighted by atomic mass is 10.0. The molecule has 0 fully saturated rings. The molecule has 2 aromatic carbocycles. The van der Waals surface area contributed by atoms with Crippen molar-refractivity contribution in [2.24, 2.45) is 0 Å². The fourth-order valence-corrected chi connectivity index (χ4v) is 3.53. The van der Waals surface area contributed by atoms with Crippen LogP contribution in [-0.4, -0.2) is 24.1 Å². The minimum absolute atomic E-state index is 0.0613. The van der Waals surface area contributed by atoms with E-state index in [2.05, 4.69) is 24.1 Å². The molecule has 0 aliphatic carbocycles. The van der Waals surface area contributed by atoms with E-state index in [9.17, 15) is 4.79 Å². The van der Waals surface area contributed by atoms with Crippen LogP contribution in [0.2, 0.25) is 0 Å². The summed E-state index contributed by atoms with van der Waals surface area (Å²) in [6.07, 6.45) is 0. The standard InChI is InChI=1S/C22H24N2O3S/c1-4-26-20-12-8-6-10-17(20)18-14-28-22(23-18)24-21(25)13-27-19-11-7-5-9-16(19)15(2)3/h5-12,14-15H,4,13H2,1-3H3,(H,23,24,25). The van der Waals surface area contributed by atoms with Crippen LogP contribution < -0.4 is 14.8 Å². The maximum absolute atomic E-state index is 12.3. The first-order chi connectivity index (χ1) is 13.6. The van der Waals surface area contributed by atoms with Crippen LogP contribution >= 0.6 is 11.3 Å². The molecule has 0 saturated heterocycles. The molecule has 1 aromatic heterocycles. The number of thiazole rings is 1. The number of hydrogen-bond acceptors (Lipinski definition) is 5. The first kappa shape index (κ1) is 19.9. The molecule has 0 saturated carbocycles. The molecular weight excluding hydrogens is 372 g/mol. The minimum atomic E-state index is -0.238. The fraction of sp³-hybridized carbons (Fsp3) is 0.273. The molecule has 0 aliphatic heterocycles. The zero-order valence-electron chi connectivity index (χ0n) is 16.3. The summed E-state index contributed by atoms with van der Waals surface area (Å²) in [5.41, 5.74) is 2.76. The van der Waals surface area contributed by atoms with Crippen molar-refractivity contribution in [2.45, 2.75) is 26.7 Å². The summed E-state index contributed by atoms with van der Waals surface area (Å²) in [6, 6.07) is 15.5. The Morgan fingerprint density at radius 2 is 1.79 bits per heavy atom. The van der Waals surface area contributed by atoms with Crippen LogP contribution in [0.3, 0.4) is 0 Å². The summed E-state index contributed by atoms with van der Waals surface area (Å²) in [5, 5.41) is 5.24. The van der Waals surface area contributed by atoms with Gasteiger partial charge in [0.2, 0.25) is 0 Å². The molecule has 146 valence electrons. The van der Waals surface area contributed by atoms with Gasteiger partial charge in [-0.2, -0.15) is 0 Å². The van der Waals surface area contributed by atoms with Gasteiger partial charge in [0.25, 0.3) is 5.91 Å². The van der Waals surface area contributed by atoms with Gasteiger partial charge in [0.15, 0.2) is 11.7 Å². The molecule has 0 bridgehead atoms. The highest BCUT2D eigenvalue weighted by Gasteiger charge is 2.13. The van der Waals surface area contributed by atoms with Crippen molar-refractivity contribution in [1.29, 1.82) is 0 Å². The smallest absolute Gasteiger partial charge is 0.264 e. The molecule has 5 nitrogen and oxygen atoms in total.